The highest BCUT2D eigenvalue weighted by atomic mass is 32.2. The zero-order valence-corrected chi connectivity index (χ0v) is 16.4. The van der Waals surface area contributed by atoms with Crippen LogP contribution in [0.4, 0.5) is 5.69 Å². The minimum atomic E-state index is -3.99. The molecule has 1 fully saturated rings. The number of fused-ring (bicyclic) bond motifs is 1. The second kappa shape index (κ2) is 7.37. The summed E-state index contributed by atoms with van der Waals surface area (Å²) in [5, 5.41) is 5.47. The minimum Gasteiger partial charge on any atom is -0.378 e. The van der Waals surface area contributed by atoms with E-state index in [4.69, 9.17) is 4.74 Å². The van der Waals surface area contributed by atoms with Gasteiger partial charge < -0.3 is 9.64 Å². The molecular weight excluding hydrogens is 378 g/mol. The van der Waals surface area contributed by atoms with Crippen molar-refractivity contribution < 1.29 is 17.9 Å². The third-order valence-electron chi connectivity index (χ3n) is 4.80. The Hall–Kier alpha value is -2.71. The number of hydrazone groups is 1. The standard InChI is InChI=1S/C20H21N3O4S/c1-15-5-4-6-16(13-15)14-23-17-7-2-3-8-18(17)28(25,26)19(21-23)20(24)22-9-11-27-12-10-22/h2-8,13H,9-12,14H2,1H3. The van der Waals surface area contributed by atoms with Crippen LogP contribution in [0.2, 0.25) is 0 Å². The van der Waals surface area contributed by atoms with Gasteiger partial charge >= 0.3 is 0 Å². The first-order chi connectivity index (χ1) is 13.5. The average molecular weight is 399 g/mol. The lowest BCUT2D eigenvalue weighted by atomic mass is 10.1. The molecule has 1 amide bonds. The van der Waals surface area contributed by atoms with Crippen LogP contribution in [0, 0.1) is 6.92 Å². The van der Waals surface area contributed by atoms with E-state index in [0.717, 1.165) is 11.1 Å². The molecule has 0 aliphatic carbocycles. The summed E-state index contributed by atoms with van der Waals surface area (Å²) in [4.78, 5) is 14.6. The van der Waals surface area contributed by atoms with Gasteiger partial charge in [0.2, 0.25) is 14.9 Å². The quantitative estimate of drug-likeness (QED) is 0.788. The van der Waals surface area contributed by atoms with E-state index in [1.807, 2.05) is 31.2 Å². The first kappa shape index (κ1) is 18.6. The predicted molar refractivity (Wildman–Crippen MR) is 106 cm³/mol. The van der Waals surface area contributed by atoms with E-state index in [9.17, 15) is 13.2 Å². The number of amides is 1. The molecule has 2 aromatic carbocycles. The van der Waals surface area contributed by atoms with E-state index in [-0.39, 0.29) is 4.90 Å². The van der Waals surface area contributed by atoms with Crippen molar-refractivity contribution in [2.24, 2.45) is 5.10 Å². The van der Waals surface area contributed by atoms with Crippen LogP contribution in [0.25, 0.3) is 0 Å². The largest absolute Gasteiger partial charge is 0.378 e. The lowest BCUT2D eigenvalue weighted by Crippen LogP contribution is -2.47. The first-order valence-corrected chi connectivity index (χ1v) is 10.6. The number of hydrogen-bond acceptors (Lipinski definition) is 6. The number of carbonyl (C=O) groups excluding carboxylic acids is 1. The van der Waals surface area contributed by atoms with Crippen LogP contribution in [0.1, 0.15) is 11.1 Å². The number of para-hydroxylation sites is 1. The van der Waals surface area contributed by atoms with Crippen LogP contribution in [-0.2, 0) is 25.9 Å². The highest BCUT2D eigenvalue weighted by Crippen LogP contribution is 2.33. The van der Waals surface area contributed by atoms with Gasteiger partial charge in [-0.1, -0.05) is 42.0 Å². The molecule has 0 radical (unpaired) electrons. The molecule has 2 aliphatic rings. The molecule has 28 heavy (non-hydrogen) atoms. The van der Waals surface area contributed by atoms with Crippen molar-refractivity contribution in [3.05, 3.63) is 59.7 Å². The third-order valence-corrected chi connectivity index (χ3v) is 6.48. The topological polar surface area (TPSA) is 79.3 Å². The summed E-state index contributed by atoms with van der Waals surface area (Å²) in [6, 6.07) is 14.6. The molecule has 7 nitrogen and oxygen atoms in total. The molecule has 0 unspecified atom stereocenters. The SMILES string of the molecule is Cc1cccc(CN2N=C(C(=O)N3CCOCC3)S(=O)(=O)c3ccccc32)c1. The van der Waals surface area contributed by atoms with Crippen molar-refractivity contribution in [2.45, 2.75) is 18.4 Å². The number of morpholine rings is 1. The van der Waals surface area contributed by atoms with Crippen LogP contribution in [0.3, 0.4) is 0 Å². The van der Waals surface area contributed by atoms with Crippen molar-refractivity contribution in [3.63, 3.8) is 0 Å². The Labute approximate surface area is 164 Å². The fourth-order valence-electron chi connectivity index (χ4n) is 3.38. The first-order valence-electron chi connectivity index (χ1n) is 9.09. The summed E-state index contributed by atoms with van der Waals surface area (Å²) < 4.78 is 31.5. The number of ether oxygens (including phenoxy) is 1. The zero-order valence-electron chi connectivity index (χ0n) is 15.5. The summed E-state index contributed by atoms with van der Waals surface area (Å²) in [7, 11) is -3.99. The summed E-state index contributed by atoms with van der Waals surface area (Å²) in [6.45, 7) is 3.86. The van der Waals surface area contributed by atoms with E-state index in [2.05, 4.69) is 5.10 Å². The Morgan fingerprint density at radius 1 is 1.11 bits per heavy atom. The molecule has 2 aromatic rings. The van der Waals surface area contributed by atoms with Crippen LogP contribution >= 0.6 is 0 Å². The maximum absolute atomic E-state index is 13.1. The number of hydrogen-bond donors (Lipinski definition) is 0. The maximum Gasteiger partial charge on any atom is 0.286 e. The Morgan fingerprint density at radius 3 is 2.61 bits per heavy atom. The van der Waals surface area contributed by atoms with Gasteiger partial charge in [0.1, 0.15) is 0 Å². The van der Waals surface area contributed by atoms with Gasteiger partial charge in [0.25, 0.3) is 5.91 Å². The number of nitrogens with zero attached hydrogens (tertiary/aromatic N) is 3. The van der Waals surface area contributed by atoms with Crippen LogP contribution in [0.15, 0.2) is 58.5 Å². The molecule has 8 heteroatoms. The van der Waals surface area contributed by atoms with Crippen molar-refractivity contribution in [1.29, 1.82) is 0 Å². The van der Waals surface area contributed by atoms with Gasteiger partial charge in [-0.3, -0.25) is 9.80 Å². The Kier molecular flexibility index (Phi) is 4.91. The Bertz CT molecular complexity index is 1040. The Balaban J connectivity index is 1.76. The number of sulfone groups is 1. The average Bonchev–Trinajstić information content (AvgIpc) is 2.70. The van der Waals surface area contributed by atoms with Gasteiger partial charge in [-0.15, -0.1) is 0 Å². The lowest BCUT2D eigenvalue weighted by Gasteiger charge is -2.31. The van der Waals surface area contributed by atoms with Crippen LogP contribution in [0.5, 0.6) is 0 Å². The molecule has 1 saturated heterocycles. The molecule has 146 valence electrons. The molecule has 0 bridgehead atoms. The normalized spacial score (nSPS) is 18.4. The van der Waals surface area contributed by atoms with E-state index in [1.165, 1.54) is 11.0 Å². The van der Waals surface area contributed by atoms with E-state index in [1.54, 1.807) is 23.2 Å². The van der Waals surface area contributed by atoms with Gasteiger partial charge in [0.15, 0.2) is 0 Å². The molecule has 0 aromatic heterocycles. The second-order valence-electron chi connectivity index (χ2n) is 6.83. The van der Waals surface area contributed by atoms with E-state index < -0.39 is 20.8 Å². The molecule has 4 rings (SSSR count). The zero-order chi connectivity index (χ0) is 19.7. The van der Waals surface area contributed by atoms with E-state index in [0.29, 0.717) is 38.5 Å². The van der Waals surface area contributed by atoms with Gasteiger partial charge in [-0.05, 0) is 24.6 Å². The van der Waals surface area contributed by atoms with Crippen LogP contribution < -0.4 is 5.01 Å². The minimum absolute atomic E-state index is 0.106. The highest BCUT2D eigenvalue weighted by molar-refractivity contribution is 8.08. The number of rotatable bonds is 3. The lowest BCUT2D eigenvalue weighted by molar-refractivity contribution is -0.127. The van der Waals surface area contributed by atoms with Gasteiger partial charge in [-0.2, -0.15) is 5.10 Å². The van der Waals surface area contributed by atoms with Gasteiger partial charge in [-0.25, -0.2) is 8.42 Å². The van der Waals surface area contributed by atoms with Crippen molar-refractivity contribution in [3.8, 4) is 0 Å². The van der Waals surface area contributed by atoms with Crippen LogP contribution in [-0.4, -0.2) is 50.6 Å². The summed E-state index contributed by atoms with van der Waals surface area (Å²) in [5.41, 5.74) is 2.56. The van der Waals surface area contributed by atoms with E-state index >= 15 is 0 Å². The monoisotopic (exact) mass is 399 g/mol. The molecule has 2 aliphatic heterocycles. The second-order valence-corrected chi connectivity index (χ2v) is 8.66. The number of anilines is 1. The fraction of sp³-hybridized carbons (Fsp3) is 0.300. The van der Waals surface area contributed by atoms with Gasteiger partial charge in [0, 0.05) is 13.1 Å². The number of carbonyl (C=O) groups is 1. The maximum atomic E-state index is 13.1. The van der Waals surface area contributed by atoms with Crippen molar-refractivity contribution in [2.75, 3.05) is 31.3 Å². The fourth-order valence-corrected chi connectivity index (χ4v) is 4.86. The number of aryl methyl sites for hydroxylation is 1. The third kappa shape index (κ3) is 3.41. The number of benzene rings is 2. The molecular formula is C20H21N3O4S. The molecule has 0 spiro atoms. The predicted octanol–water partition coefficient (Wildman–Crippen LogP) is 1.96. The summed E-state index contributed by atoms with van der Waals surface area (Å²) >= 11 is 0. The molecule has 0 N–H and O–H groups in total. The smallest absolute Gasteiger partial charge is 0.286 e. The highest BCUT2D eigenvalue weighted by Gasteiger charge is 2.39. The summed E-state index contributed by atoms with van der Waals surface area (Å²) in [6.07, 6.45) is 0. The Morgan fingerprint density at radius 2 is 1.86 bits per heavy atom. The molecule has 0 saturated carbocycles. The van der Waals surface area contributed by atoms with Gasteiger partial charge in [0.05, 0.1) is 30.3 Å². The van der Waals surface area contributed by atoms with Crippen molar-refractivity contribution in [1.82, 2.24) is 4.90 Å². The van der Waals surface area contributed by atoms with Crippen molar-refractivity contribution >= 4 is 26.5 Å². The molecule has 0 atom stereocenters. The summed E-state index contributed by atoms with van der Waals surface area (Å²) in [5.74, 6) is -0.577. The molecule has 2 heterocycles.